The van der Waals surface area contributed by atoms with Gasteiger partial charge in [0.05, 0.1) is 11.4 Å². The third-order valence-corrected chi connectivity index (χ3v) is 2.55. The highest BCUT2D eigenvalue weighted by Gasteiger charge is 2.19. The predicted molar refractivity (Wildman–Crippen MR) is 65.8 cm³/mol. The van der Waals surface area contributed by atoms with Crippen molar-refractivity contribution < 1.29 is 9.90 Å². The number of hydrogen-bond acceptors (Lipinski definition) is 1. The molecule has 0 N–H and O–H groups in total. The second-order valence-electron chi connectivity index (χ2n) is 3.72. The number of benzene rings is 2. The summed E-state index contributed by atoms with van der Waals surface area (Å²) in [6.07, 6.45) is -1.23. The first-order valence-corrected chi connectivity index (χ1v) is 5.32. The van der Waals surface area contributed by atoms with Gasteiger partial charge in [-0.3, -0.25) is 0 Å². The van der Waals surface area contributed by atoms with Crippen molar-refractivity contribution in [3.63, 3.8) is 0 Å². The summed E-state index contributed by atoms with van der Waals surface area (Å²) in [6.45, 7) is 1.87. The van der Waals surface area contributed by atoms with Gasteiger partial charge in [-0.25, -0.2) is 14.8 Å². The van der Waals surface area contributed by atoms with Gasteiger partial charge >= 0.3 is 6.09 Å². The van der Waals surface area contributed by atoms with Crippen LogP contribution in [0.1, 0.15) is 5.56 Å². The first-order valence-electron chi connectivity index (χ1n) is 5.32. The number of aryl methyl sites for hydroxylation is 1. The van der Waals surface area contributed by atoms with Gasteiger partial charge in [-0.05, 0) is 30.7 Å². The summed E-state index contributed by atoms with van der Waals surface area (Å²) in [5.74, 6) is 0. The van der Waals surface area contributed by atoms with Gasteiger partial charge in [-0.15, -0.1) is 0 Å². The molecule has 2 aromatic rings. The molecule has 0 saturated carbocycles. The van der Waals surface area contributed by atoms with E-state index in [2.05, 4.69) is 0 Å². The number of nitrogens with zero attached hydrogens (tertiary/aromatic N) is 1. The Labute approximate surface area is 99.9 Å². The summed E-state index contributed by atoms with van der Waals surface area (Å²) < 4.78 is 0. The third kappa shape index (κ3) is 2.28. The molecule has 2 aromatic carbocycles. The molecule has 0 saturated heterocycles. The summed E-state index contributed by atoms with van der Waals surface area (Å²) in [6, 6.07) is 16.2. The summed E-state index contributed by atoms with van der Waals surface area (Å²) in [5, 5.41) is 11.3. The lowest BCUT2D eigenvalue weighted by Crippen LogP contribution is -2.23. The van der Waals surface area contributed by atoms with Crippen LogP contribution < -0.4 is 4.90 Å². The first-order chi connectivity index (χ1) is 8.20. The van der Waals surface area contributed by atoms with Crippen LogP contribution in [0.5, 0.6) is 0 Å². The van der Waals surface area contributed by atoms with E-state index >= 15 is 0 Å². The van der Waals surface area contributed by atoms with Gasteiger partial charge in [0.15, 0.2) is 0 Å². The maximum atomic E-state index is 11.3. The topological polar surface area (TPSA) is 40.2 Å². The van der Waals surface area contributed by atoms with E-state index in [9.17, 15) is 9.90 Å². The number of carbonyl (C=O) groups excluding carboxylic acids is 1. The van der Waals surface area contributed by atoms with Crippen molar-refractivity contribution in [2.75, 3.05) is 4.90 Å². The summed E-state index contributed by atoms with van der Waals surface area (Å²) in [4.78, 5) is 12.4. The van der Waals surface area contributed by atoms with E-state index in [0.717, 1.165) is 5.56 Å². The van der Waals surface area contributed by atoms with Crippen molar-refractivity contribution in [2.24, 2.45) is 0 Å². The van der Waals surface area contributed by atoms with Gasteiger partial charge in [-0.1, -0.05) is 36.4 Å². The highest BCUT2D eigenvalue weighted by Crippen LogP contribution is 2.28. The largest absolute Gasteiger partial charge is 0.462 e. The lowest BCUT2D eigenvalue weighted by molar-refractivity contribution is 0.179. The van der Waals surface area contributed by atoms with E-state index in [1.54, 1.807) is 36.4 Å². The third-order valence-electron chi connectivity index (χ3n) is 2.55. The van der Waals surface area contributed by atoms with Gasteiger partial charge in [0.2, 0.25) is 0 Å². The molecule has 0 aliphatic rings. The predicted octanol–water partition coefficient (Wildman–Crippen LogP) is 3.68. The lowest BCUT2D eigenvalue weighted by atomic mass is 10.1. The van der Waals surface area contributed by atoms with Crippen LogP contribution in [0, 0.1) is 6.92 Å². The van der Waals surface area contributed by atoms with Crippen LogP contribution in [0.4, 0.5) is 16.2 Å². The molecule has 0 aliphatic heterocycles. The van der Waals surface area contributed by atoms with Crippen molar-refractivity contribution in [3.8, 4) is 0 Å². The van der Waals surface area contributed by atoms with Crippen molar-refractivity contribution in [2.45, 2.75) is 6.92 Å². The second kappa shape index (κ2) is 4.70. The fourth-order valence-electron chi connectivity index (χ4n) is 1.73. The quantitative estimate of drug-likeness (QED) is 0.769. The smallest absolute Gasteiger partial charge is 0.243 e. The minimum absolute atomic E-state index is 0.585. The van der Waals surface area contributed by atoms with E-state index in [-0.39, 0.29) is 0 Å². The van der Waals surface area contributed by atoms with Crippen LogP contribution >= 0.6 is 0 Å². The SMILES string of the molecule is Cc1ccccc1N(C([O])=O)c1ccccc1. The van der Waals surface area contributed by atoms with E-state index in [0.29, 0.717) is 11.4 Å². The summed E-state index contributed by atoms with van der Waals surface area (Å²) >= 11 is 0. The molecule has 85 valence electrons. The van der Waals surface area contributed by atoms with Gasteiger partial charge < -0.3 is 0 Å². The van der Waals surface area contributed by atoms with E-state index in [1.807, 2.05) is 25.1 Å². The fourth-order valence-corrected chi connectivity index (χ4v) is 1.73. The number of carbonyl (C=O) groups is 1. The molecule has 0 aromatic heterocycles. The number of anilines is 2. The van der Waals surface area contributed by atoms with Crippen LogP contribution in [0.25, 0.3) is 0 Å². The van der Waals surface area contributed by atoms with Crippen LogP contribution in [0.2, 0.25) is 0 Å². The molecular weight excluding hydrogens is 214 g/mol. The zero-order valence-electron chi connectivity index (χ0n) is 9.46. The maximum absolute atomic E-state index is 11.3. The Morgan fingerprint density at radius 2 is 1.53 bits per heavy atom. The van der Waals surface area contributed by atoms with Gasteiger partial charge in [0, 0.05) is 0 Å². The molecule has 2 rings (SSSR count). The molecule has 1 radical (unpaired) electrons. The van der Waals surface area contributed by atoms with E-state index < -0.39 is 6.09 Å². The highest BCUT2D eigenvalue weighted by molar-refractivity contribution is 5.95. The molecule has 3 nitrogen and oxygen atoms in total. The van der Waals surface area contributed by atoms with Gasteiger partial charge in [-0.2, -0.15) is 0 Å². The normalized spacial score (nSPS) is 9.94. The van der Waals surface area contributed by atoms with E-state index in [1.165, 1.54) is 4.90 Å². The number of amides is 1. The average Bonchev–Trinajstić information content (AvgIpc) is 2.33. The molecular formula is C14H12NO2. The highest BCUT2D eigenvalue weighted by atomic mass is 16.4. The molecule has 0 heterocycles. The van der Waals surface area contributed by atoms with Gasteiger partial charge in [0.1, 0.15) is 0 Å². The number of para-hydroxylation sites is 2. The number of hydrogen-bond donors (Lipinski definition) is 0. The maximum Gasteiger partial charge on any atom is 0.462 e. The zero-order valence-corrected chi connectivity index (χ0v) is 9.46. The second-order valence-corrected chi connectivity index (χ2v) is 3.72. The van der Waals surface area contributed by atoms with Crippen molar-refractivity contribution in [3.05, 3.63) is 60.2 Å². The monoisotopic (exact) mass is 226 g/mol. The van der Waals surface area contributed by atoms with Crippen LogP contribution in [0.15, 0.2) is 54.6 Å². The Morgan fingerprint density at radius 1 is 0.941 bits per heavy atom. The van der Waals surface area contributed by atoms with Crippen LogP contribution in [-0.4, -0.2) is 6.09 Å². The molecule has 0 spiro atoms. The Morgan fingerprint density at radius 3 is 2.12 bits per heavy atom. The summed E-state index contributed by atoms with van der Waals surface area (Å²) in [5.41, 5.74) is 2.10. The molecule has 0 fully saturated rings. The Balaban J connectivity index is 2.51. The first kappa shape index (κ1) is 11.2. The van der Waals surface area contributed by atoms with E-state index in [4.69, 9.17) is 0 Å². The number of rotatable bonds is 2. The molecule has 0 aliphatic carbocycles. The van der Waals surface area contributed by atoms with Gasteiger partial charge in [0.25, 0.3) is 0 Å². The van der Waals surface area contributed by atoms with Crippen molar-refractivity contribution in [1.29, 1.82) is 0 Å². The average molecular weight is 226 g/mol. The Kier molecular flexibility index (Phi) is 3.10. The van der Waals surface area contributed by atoms with Crippen molar-refractivity contribution in [1.82, 2.24) is 0 Å². The molecule has 0 atom stereocenters. The zero-order chi connectivity index (χ0) is 12.3. The fraction of sp³-hybridized carbons (Fsp3) is 0.0714. The Hall–Kier alpha value is -2.29. The summed E-state index contributed by atoms with van der Waals surface area (Å²) in [7, 11) is 0. The van der Waals surface area contributed by atoms with Crippen LogP contribution in [0.3, 0.4) is 0 Å². The molecule has 0 unspecified atom stereocenters. The van der Waals surface area contributed by atoms with Crippen LogP contribution in [-0.2, 0) is 5.11 Å². The minimum atomic E-state index is -1.23. The Bertz CT molecular complexity index is 523. The molecule has 0 bridgehead atoms. The lowest BCUT2D eigenvalue weighted by Gasteiger charge is -2.19. The molecule has 1 amide bonds. The molecule has 3 heteroatoms. The minimum Gasteiger partial charge on any atom is -0.243 e. The molecule has 17 heavy (non-hydrogen) atoms. The standard InChI is InChI=1S/C14H12NO2/c1-11-7-5-6-10-13(11)15(14(16)17)12-8-3-2-4-9-12/h2-10H,1H3. The van der Waals surface area contributed by atoms with Crippen molar-refractivity contribution >= 4 is 17.5 Å².